The van der Waals surface area contributed by atoms with Gasteiger partial charge < -0.3 is 0 Å². The van der Waals surface area contributed by atoms with E-state index in [9.17, 15) is 0 Å². The van der Waals surface area contributed by atoms with Crippen LogP contribution in [0.15, 0.2) is 47.5 Å². The molecule has 2 aromatic carbocycles. The molecule has 0 saturated carbocycles. The summed E-state index contributed by atoms with van der Waals surface area (Å²) in [5.41, 5.74) is 13.2. The molecule has 0 N–H and O–H groups in total. The van der Waals surface area contributed by atoms with Crippen LogP contribution in [0.3, 0.4) is 0 Å². The first-order chi connectivity index (χ1) is 11.8. The molecule has 4 rings (SSSR count). The van der Waals surface area contributed by atoms with Gasteiger partial charge in [0.2, 0.25) is 0 Å². The van der Waals surface area contributed by atoms with Gasteiger partial charge in [-0.3, -0.25) is 0 Å². The number of allylic oxidation sites excluding steroid dienone is 2. The summed E-state index contributed by atoms with van der Waals surface area (Å²) in [6.07, 6.45) is 4.88. The average Bonchev–Trinajstić information content (AvgIpc) is 3.03. The van der Waals surface area contributed by atoms with Gasteiger partial charge in [-0.2, -0.15) is 0 Å². The van der Waals surface area contributed by atoms with Gasteiger partial charge in [0.1, 0.15) is 0 Å². The topological polar surface area (TPSA) is 0 Å². The van der Waals surface area contributed by atoms with Crippen molar-refractivity contribution in [3.05, 3.63) is 80.9 Å². The van der Waals surface area contributed by atoms with Crippen LogP contribution in [-0.4, -0.2) is 8.07 Å². The fourth-order valence-electron chi connectivity index (χ4n) is 5.62. The Morgan fingerprint density at radius 2 is 1.40 bits per heavy atom. The molecule has 2 unspecified atom stereocenters. The van der Waals surface area contributed by atoms with Crippen molar-refractivity contribution < 1.29 is 0 Å². The minimum absolute atomic E-state index is 0.612. The summed E-state index contributed by atoms with van der Waals surface area (Å²) < 4.78 is 0. The second-order valence-electron chi connectivity index (χ2n) is 8.68. The Morgan fingerprint density at radius 3 is 2.16 bits per heavy atom. The van der Waals surface area contributed by atoms with Gasteiger partial charge >= 0.3 is 0 Å². The third-order valence-corrected chi connectivity index (χ3v) is 10.8. The highest BCUT2D eigenvalue weighted by Crippen LogP contribution is 2.52. The van der Waals surface area contributed by atoms with E-state index in [1.165, 1.54) is 22.3 Å². The first kappa shape index (κ1) is 16.6. The molecule has 2 aliphatic carbocycles. The van der Waals surface area contributed by atoms with Crippen molar-refractivity contribution in [2.45, 2.75) is 51.9 Å². The van der Waals surface area contributed by atoms with E-state index in [1.54, 1.807) is 22.3 Å². The quantitative estimate of drug-likeness (QED) is 0.526. The largest absolute Gasteiger partial charge is 0.0722 e. The van der Waals surface area contributed by atoms with Crippen LogP contribution in [0.5, 0.6) is 0 Å². The molecule has 0 nitrogen and oxygen atoms in total. The van der Waals surface area contributed by atoms with E-state index in [1.807, 2.05) is 0 Å². The second kappa shape index (κ2) is 5.57. The minimum Gasteiger partial charge on any atom is -0.0679 e. The maximum absolute atomic E-state index is 2.60. The van der Waals surface area contributed by atoms with Crippen molar-refractivity contribution in [1.82, 2.24) is 0 Å². The van der Waals surface area contributed by atoms with E-state index >= 15 is 0 Å². The predicted octanol–water partition coefficient (Wildman–Crippen LogP) is 6.79. The first-order valence-electron chi connectivity index (χ1n) is 9.37. The van der Waals surface area contributed by atoms with Crippen molar-refractivity contribution in [3.63, 3.8) is 0 Å². The van der Waals surface area contributed by atoms with E-state index in [2.05, 4.69) is 89.3 Å². The Bertz CT molecular complexity index is 927. The van der Waals surface area contributed by atoms with Crippen LogP contribution in [0.2, 0.25) is 13.1 Å². The lowest BCUT2D eigenvalue weighted by Crippen LogP contribution is -2.42. The molecule has 0 aliphatic heterocycles. The first-order valence-corrected chi connectivity index (χ1v) is 12.5. The molecule has 0 amide bonds. The Hall–Kier alpha value is -1.86. The smallest absolute Gasteiger partial charge is 0.0679 e. The number of benzene rings is 2. The molecule has 0 aromatic heterocycles. The lowest BCUT2D eigenvalue weighted by molar-refractivity contribution is 0.966. The number of hydrogen-bond donors (Lipinski definition) is 0. The summed E-state index contributed by atoms with van der Waals surface area (Å²) in [4.78, 5) is 0. The molecule has 0 heterocycles. The molecule has 25 heavy (non-hydrogen) atoms. The van der Waals surface area contributed by atoms with E-state index in [4.69, 9.17) is 0 Å². The molecule has 0 bridgehead atoms. The highest BCUT2D eigenvalue weighted by atomic mass is 28.3. The molecule has 1 heteroatoms. The molecule has 0 spiro atoms. The third kappa shape index (κ3) is 2.40. The van der Waals surface area contributed by atoms with E-state index in [0.29, 0.717) is 11.1 Å². The van der Waals surface area contributed by atoms with Gasteiger partial charge in [-0.15, -0.1) is 0 Å². The number of rotatable bonds is 2. The Morgan fingerprint density at radius 1 is 0.760 bits per heavy atom. The summed E-state index contributed by atoms with van der Waals surface area (Å²) in [6.45, 7) is 14.4. The normalized spacial score (nSPS) is 21.7. The molecule has 128 valence electrons. The minimum atomic E-state index is -1.65. The van der Waals surface area contributed by atoms with Crippen LogP contribution >= 0.6 is 0 Å². The zero-order valence-electron chi connectivity index (χ0n) is 16.3. The van der Waals surface area contributed by atoms with Crippen molar-refractivity contribution in [2.24, 2.45) is 0 Å². The Labute approximate surface area is 153 Å². The van der Waals surface area contributed by atoms with Crippen LogP contribution in [0, 0.1) is 13.8 Å². The van der Waals surface area contributed by atoms with Gasteiger partial charge in [0.15, 0.2) is 0 Å². The molecule has 2 aromatic rings. The monoisotopic (exact) mass is 344 g/mol. The summed E-state index contributed by atoms with van der Waals surface area (Å²) >= 11 is 0. The highest BCUT2D eigenvalue weighted by Gasteiger charge is 2.46. The maximum Gasteiger partial charge on any atom is 0.0722 e. The van der Waals surface area contributed by atoms with Crippen LogP contribution in [0.25, 0.3) is 12.2 Å². The van der Waals surface area contributed by atoms with Crippen molar-refractivity contribution >= 4 is 20.2 Å². The third-order valence-electron chi connectivity index (χ3n) is 6.34. The molecular formula is C24H28Si. The van der Waals surface area contributed by atoms with Gasteiger partial charge in [-0.1, -0.05) is 78.4 Å². The average molecular weight is 345 g/mol. The number of aryl methyl sites for hydroxylation is 2. The molecule has 2 atom stereocenters. The summed E-state index contributed by atoms with van der Waals surface area (Å²) in [7, 11) is -1.65. The molecule has 0 saturated heterocycles. The fraction of sp³-hybridized carbons (Fsp3) is 0.333. The predicted molar refractivity (Wildman–Crippen MR) is 113 cm³/mol. The van der Waals surface area contributed by atoms with Gasteiger partial charge in [-0.05, 0) is 55.5 Å². The second-order valence-corrected chi connectivity index (χ2v) is 13.5. The molecular weight excluding hydrogens is 316 g/mol. The lowest BCUT2D eigenvalue weighted by atomic mass is 10.0. The fourth-order valence-corrected chi connectivity index (χ4v) is 10.6. The molecule has 0 fully saturated rings. The zero-order valence-corrected chi connectivity index (χ0v) is 17.3. The summed E-state index contributed by atoms with van der Waals surface area (Å²) in [6, 6.07) is 13.8. The van der Waals surface area contributed by atoms with Gasteiger partial charge in [0.25, 0.3) is 0 Å². The highest BCUT2D eigenvalue weighted by molar-refractivity contribution is 6.81. The van der Waals surface area contributed by atoms with Crippen LogP contribution < -0.4 is 0 Å². The maximum atomic E-state index is 2.60. The van der Waals surface area contributed by atoms with Crippen LogP contribution in [-0.2, 0) is 0 Å². The van der Waals surface area contributed by atoms with Crippen molar-refractivity contribution in [3.8, 4) is 0 Å². The Balaban J connectivity index is 1.86. The lowest BCUT2D eigenvalue weighted by Gasteiger charge is -2.39. The van der Waals surface area contributed by atoms with E-state index in [-0.39, 0.29) is 0 Å². The van der Waals surface area contributed by atoms with Gasteiger partial charge in [-0.25, -0.2) is 0 Å². The van der Waals surface area contributed by atoms with E-state index < -0.39 is 8.07 Å². The SMILES string of the molecule is CC1=Cc2ccccc2C1[Si](C)(C)C1C(C)=Cc2c(C)cc(C)cc21. The van der Waals surface area contributed by atoms with E-state index in [0.717, 1.165) is 0 Å². The van der Waals surface area contributed by atoms with Crippen LogP contribution in [0.4, 0.5) is 0 Å². The number of fused-ring (bicyclic) bond motifs is 2. The summed E-state index contributed by atoms with van der Waals surface area (Å²) in [5, 5.41) is 0. The Kier molecular flexibility index (Phi) is 3.70. The number of hydrogen-bond acceptors (Lipinski definition) is 0. The standard InChI is InChI=1S/C24H28Si/c1-15-11-16(2)21-14-18(4)24(22(21)12-15)25(5,6)23-17(3)13-19-9-7-8-10-20(19)23/h7-14,23-24H,1-6H3. The van der Waals surface area contributed by atoms with Crippen molar-refractivity contribution in [1.29, 1.82) is 0 Å². The molecule has 2 aliphatic rings. The molecule has 0 radical (unpaired) electrons. The summed E-state index contributed by atoms with van der Waals surface area (Å²) in [5.74, 6) is 0. The zero-order chi connectivity index (χ0) is 17.9. The van der Waals surface area contributed by atoms with Crippen LogP contribution in [0.1, 0.15) is 58.3 Å². The van der Waals surface area contributed by atoms with Crippen molar-refractivity contribution in [2.75, 3.05) is 0 Å². The van der Waals surface area contributed by atoms with Gasteiger partial charge in [0, 0.05) is 11.1 Å². The van der Waals surface area contributed by atoms with Gasteiger partial charge in [0.05, 0.1) is 8.07 Å².